The van der Waals surface area contributed by atoms with Crippen LogP contribution in [-0.4, -0.2) is 75.0 Å². The van der Waals surface area contributed by atoms with Crippen molar-refractivity contribution in [1.29, 1.82) is 0 Å². The lowest BCUT2D eigenvalue weighted by molar-refractivity contribution is -0.123. The molecule has 0 saturated carbocycles. The monoisotopic (exact) mass is 285 g/mol. The number of carbonyl (C=O) groups excluding carboxylic acids is 1. The standard InChI is InChI=1S/C14H27N3O3/c1-14(2)10-20-7-6-17(14)5-4-15-13(18)12-8-11(19-3)9-16-12/h11-12,16H,4-10H2,1-3H3,(H,15,18)/t11-,12-/m0/s1. The molecule has 0 bridgehead atoms. The van der Waals surface area contributed by atoms with Gasteiger partial charge in [-0.1, -0.05) is 0 Å². The molecular weight excluding hydrogens is 258 g/mol. The molecule has 0 aromatic carbocycles. The van der Waals surface area contributed by atoms with Crippen molar-refractivity contribution in [1.82, 2.24) is 15.5 Å². The van der Waals surface area contributed by atoms with E-state index in [-0.39, 0.29) is 23.6 Å². The Kier molecular flexibility index (Phi) is 5.37. The van der Waals surface area contributed by atoms with E-state index in [1.54, 1.807) is 7.11 Å². The number of hydrogen-bond donors (Lipinski definition) is 2. The number of carbonyl (C=O) groups is 1. The van der Waals surface area contributed by atoms with Crippen molar-refractivity contribution in [3.05, 3.63) is 0 Å². The quantitative estimate of drug-likeness (QED) is 0.719. The van der Waals surface area contributed by atoms with Crippen molar-refractivity contribution < 1.29 is 14.3 Å². The minimum absolute atomic E-state index is 0.0513. The fourth-order valence-corrected chi connectivity index (χ4v) is 2.82. The van der Waals surface area contributed by atoms with Crippen LogP contribution in [0, 0.1) is 0 Å². The zero-order valence-electron chi connectivity index (χ0n) is 12.8. The summed E-state index contributed by atoms with van der Waals surface area (Å²) in [5.74, 6) is 0.0793. The predicted molar refractivity (Wildman–Crippen MR) is 76.7 cm³/mol. The van der Waals surface area contributed by atoms with E-state index in [1.807, 2.05) is 0 Å². The van der Waals surface area contributed by atoms with Gasteiger partial charge in [-0.15, -0.1) is 0 Å². The van der Waals surface area contributed by atoms with Crippen LogP contribution in [0.15, 0.2) is 0 Å². The van der Waals surface area contributed by atoms with Crippen LogP contribution in [-0.2, 0) is 14.3 Å². The highest BCUT2D eigenvalue weighted by molar-refractivity contribution is 5.82. The molecule has 2 fully saturated rings. The molecule has 2 saturated heterocycles. The van der Waals surface area contributed by atoms with Crippen LogP contribution in [0.1, 0.15) is 20.3 Å². The van der Waals surface area contributed by atoms with Gasteiger partial charge >= 0.3 is 0 Å². The third-order valence-electron chi connectivity index (χ3n) is 4.24. The Hall–Kier alpha value is -0.690. The molecule has 2 heterocycles. The maximum atomic E-state index is 12.0. The average Bonchev–Trinajstić information content (AvgIpc) is 2.89. The van der Waals surface area contributed by atoms with Gasteiger partial charge in [-0.05, 0) is 20.3 Å². The lowest BCUT2D eigenvalue weighted by Gasteiger charge is -2.42. The fraction of sp³-hybridized carbons (Fsp3) is 0.929. The summed E-state index contributed by atoms with van der Waals surface area (Å²) in [6.07, 6.45) is 0.912. The summed E-state index contributed by atoms with van der Waals surface area (Å²) < 4.78 is 10.7. The summed E-state index contributed by atoms with van der Waals surface area (Å²) in [7, 11) is 1.69. The van der Waals surface area contributed by atoms with E-state index in [9.17, 15) is 4.79 Å². The Balaban J connectivity index is 1.69. The Morgan fingerprint density at radius 3 is 3.00 bits per heavy atom. The minimum Gasteiger partial charge on any atom is -0.380 e. The molecule has 116 valence electrons. The molecule has 2 aliphatic heterocycles. The highest BCUT2D eigenvalue weighted by atomic mass is 16.5. The van der Waals surface area contributed by atoms with Crippen molar-refractivity contribution in [2.45, 2.75) is 38.0 Å². The average molecular weight is 285 g/mol. The molecule has 0 aromatic rings. The maximum absolute atomic E-state index is 12.0. The summed E-state index contributed by atoms with van der Waals surface area (Å²) in [5, 5.41) is 6.21. The lowest BCUT2D eigenvalue weighted by atomic mass is 10.0. The molecule has 2 atom stereocenters. The van der Waals surface area contributed by atoms with Crippen LogP contribution in [0.5, 0.6) is 0 Å². The third-order valence-corrected chi connectivity index (χ3v) is 4.24. The molecule has 6 nitrogen and oxygen atoms in total. The second-order valence-corrected chi connectivity index (χ2v) is 6.20. The largest absolute Gasteiger partial charge is 0.380 e. The van der Waals surface area contributed by atoms with Gasteiger partial charge in [0.2, 0.25) is 5.91 Å². The molecule has 0 radical (unpaired) electrons. The zero-order chi connectivity index (χ0) is 14.6. The fourth-order valence-electron chi connectivity index (χ4n) is 2.82. The number of methoxy groups -OCH3 is 1. The molecule has 0 unspecified atom stereocenters. The highest BCUT2D eigenvalue weighted by Gasteiger charge is 2.31. The Morgan fingerprint density at radius 2 is 2.35 bits per heavy atom. The first kappa shape index (κ1) is 15.7. The second-order valence-electron chi connectivity index (χ2n) is 6.20. The molecule has 0 aromatic heterocycles. The van der Waals surface area contributed by atoms with Gasteiger partial charge in [-0.2, -0.15) is 0 Å². The van der Waals surface area contributed by atoms with E-state index in [0.717, 1.165) is 39.3 Å². The van der Waals surface area contributed by atoms with Crippen LogP contribution in [0.4, 0.5) is 0 Å². The smallest absolute Gasteiger partial charge is 0.237 e. The van der Waals surface area contributed by atoms with E-state index < -0.39 is 0 Å². The third kappa shape index (κ3) is 3.91. The lowest BCUT2D eigenvalue weighted by Crippen LogP contribution is -2.55. The first-order chi connectivity index (χ1) is 9.53. The SMILES string of the molecule is CO[C@@H]1CN[C@H](C(=O)NCCN2CCOCC2(C)C)C1. The molecule has 2 rings (SSSR count). The van der Waals surface area contributed by atoms with Crippen molar-refractivity contribution >= 4 is 5.91 Å². The highest BCUT2D eigenvalue weighted by Crippen LogP contribution is 2.17. The van der Waals surface area contributed by atoms with Gasteiger partial charge in [0, 0.05) is 38.8 Å². The van der Waals surface area contributed by atoms with E-state index >= 15 is 0 Å². The Labute approximate surface area is 121 Å². The summed E-state index contributed by atoms with van der Waals surface area (Å²) in [5.41, 5.74) is 0.0513. The molecule has 0 spiro atoms. The van der Waals surface area contributed by atoms with Crippen LogP contribution in [0.25, 0.3) is 0 Å². The van der Waals surface area contributed by atoms with Gasteiger partial charge in [0.25, 0.3) is 0 Å². The molecule has 2 aliphatic rings. The zero-order valence-corrected chi connectivity index (χ0v) is 12.8. The first-order valence-corrected chi connectivity index (χ1v) is 7.39. The Morgan fingerprint density at radius 1 is 1.55 bits per heavy atom. The number of morpholine rings is 1. The maximum Gasteiger partial charge on any atom is 0.237 e. The molecule has 6 heteroatoms. The number of nitrogens with one attached hydrogen (secondary N) is 2. The van der Waals surface area contributed by atoms with Crippen molar-refractivity contribution in [2.24, 2.45) is 0 Å². The number of amides is 1. The van der Waals surface area contributed by atoms with Gasteiger partial charge in [0.1, 0.15) is 0 Å². The van der Waals surface area contributed by atoms with Gasteiger partial charge in [0.15, 0.2) is 0 Å². The van der Waals surface area contributed by atoms with Crippen molar-refractivity contribution in [3.63, 3.8) is 0 Å². The van der Waals surface area contributed by atoms with E-state index in [2.05, 4.69) is 29.4 Å². The van der Waals surface area contributed by atoms with Crippen LogP contribution >= 0.6 is 0 Å². The first-order valence-electron chi connectivity index (χ1n) is 7.39. The van der Waals surface area contributed by atoms with Gasteiger partial charge in [0.05, 0.1) is 25.4 Å². The molecule has 20 heavy (non-hydrogen) atoms. The van der Waals surface area contributed by atoms with Crippen LogP contribution < -0.4 is 10.6 Å². The van der Waals surface area contributed by atoms with Crippen LogP contribution in [0.3, 0.4) is 0 Å². The number of ether oxygens (including phenoxy) is 2. The van der Waals surface area contributed by atoms with Crippen molar-refractivity contribution in [3.8, 4) is 0 Å². The van der Waals surface area contributed by atoms with E-state index in [1.165, 1.54) is 0 Å². The van der Waals surface area contributed by atoms with Crippen LogP contribution in [0.2, 0.25) is 0 Å². The summed E-state index contributed by atoms with van der Waals surface area (Å²) >= 11 is 0. The number of rotatable bonds is 5. The number of hydrogen-bond acceptors (Lipinski definition) is 5. The summed E-state index contributed by atoms with van der Waals surface area (Å²) in [6.45, 7) is 9.10. The summed E-state index contributed by atoms with van der Waals surface area (Å²) in [4.78, 5) is 14.4. The number of nitrogens with zero attached hydrogens (tertiary/aromatic N) is 1. The van der Waals surface area contributed by atoms with Gasteiger partial charge in [-0.25, -0.2) is 0 Å². The molecule has 0 aliphatic carbocycles. The van der Waals surface area contributed by atoms with E-state index in [4.69, 9.17) is 9.47 Å². The van der Waals surface area contributed by atoms with Gasteiger partial charge in [-0.3, -0.25) is 9.69 Å². The van der Waals surface area contributed by atoms with Gasteiger partial charge < -0.3 is 20.1 Å². The Bertz CT molecular complexity index is 336. The summed E-state index contributed by atoms with van der Waals surface area (Å²) in [6, 6.07) is -0.113. The van der Waals surface area contributed by atoms with Crippen molar-refractivity contribution in [2.75, 3.05) is 46.5 Å². The normalized spacial score (nSPS) is 30.4. The topological polar surface area (TPSA) is 62.8 Å². The second kappa shape index (κ2) is 6.85. The molecular formula is C14H27N3O3. The predicted octanol–water partition coefficient (Wildman–Crippen LogP) is -0.410. The van der Waals surface area contributed by atoms with E-state index in [0.29, 0.717) is 6.54 Å². The molecule has 1 amide bonds. The minimum atomic E-state index is -0.113. The molecule has 2 N–H and O–H groups in total.